The number of hydrogen-bond acceptors (Lipinski definition) is 2. The Labute approximate surface area is 257 Å². The van der Waals surface area contributed by atoms with E-state index in [4.69, 9.17) is 4.74 Å². The highest BCUT2D eigenvalue weighted by Crippen LogP contribution is 2.57. The Morgan fingerprint density at radius 1 is 0.581 bits per heavy atom. The van der Waals surface area contributed by atoms with Crippen LogP contribution in [0.25, 0.3) is 43.6 Å². The van der Waals surface area contributed by atoms with E-state index in [0.717, 1.165) is 0 Å². The summed E-state index contributed by atoms with van der Waals surface area (Å²) in [5, 5.41) is 5.69. The first-order valence-corrected chi connectivity index (χ1v) is 16.5. The minimum atomic E-state index is -0.481. The first-order chi connectivity index (χ1) is 20.1. The van der Waals surface area contributed by atoms with E-state index >= 15 is 0 Å². The van der Waals surface area contributed by atoms with Gasteiger partial charge in [-0.3, -0.25) is 4.90 Å². The van der Waals surface area contributed by atoms with Gasteiger partial charge in [-0.25, -0.2) is 0 Å². The second kappa shape index (κ2) is 8.88. The van der Waals surface area contributed by atoms with Crippen LogP contribution in [0.5, 0.6) is 0 Å². The zero-order chi connectivity index (χ0) is 31.3. The van der Waals surface area contributed by atoms with Crippen molar-refractivity contribution < 1.29 is 4.74 Å². The van der Waals surface area contributed by atoms with E-state index in [1.807, 2.05) is 0 Å². The average molecular weight is 578 g/mol. The predicted octanol–water partition coefficient (Wildman–Crippen LogP) is 10.3. The molecule has 1 N–H and O–H groups in total. The molecule has 43 heavy (non-hydrogen) atoms. The van der Waals surface area contributed by atoms with E-state index in [0.29, 0.717) is 23.9 Å². The largest absolute Gasteiger partial charge is 0.353 e. The SMILES string of the molecule is Cc1c(C)c(C)c2c([nH]c3c2c2c(c4c5c(C)c(C)c(C)c(C)c5n(C5(C)OC(C)C(C)C5C)c34)C(C)N(C)C2C)c1C. The number of rotatable bonds is 1. The van der Waals surface area contributed by atoms with Crippen molar-refractivity contribution in [1.82, 2.24) is 14.5 Å². The number of fused-ring (bicyclic) bond motifs is 10. The zero-order valence-electron chi connectivity index (χ0n) is 29.2. The molecule has 7 rings (SSSR count). The standard InChI is InChI=1S/C39H51N3O/c1-16-18(3)22(7)35-29(20(16)5)33-31-26(11)41(15)27(12)32(31)34-30-21(6)17(2)19(4)23(8)37(30)42(38(34)36(33)40-35)39(14)25(10)24(9)28(13)43-39/h24-28,40H,1-15H3. The number of aromatic amines is 1. The number of aryl methyl sites for hydroxylation is 4. The summed E-state index contributed by atoms with van der Waals surface area (Å²) >= 11 is 0. The lowest BCUT2D eigenvalue weighted by molar-refractivity contribution is -0.0910. The first kappa shape index (κ1) is 28.9. The molecule has 4 nitrogen and oxygen atoms in total. The maximum atomic E-state index is 7.13. The van der Waals surface area contributed by atoms with Gasteiger partial charge in [0, 0.05) is 39.5 Å². The van der Waals surface area contributed by atoms with E-state index < -0.39 is 5.72 Å². The molecule has 1 saturated heterocycles. The van der Waals surface area contributed by atoms with E-state index in [1.165, 1.54) is 99.2 Å². The monoisotopic (exact) mass is 577 g/mol. The molecule has 0 aliphatic carbocycles. The third kappa shape index (κ3) is 3.20. The summed E-state index contributed by atoms with van der Waals surface area (Å²) in [6.45, 7) is 32.8. The van der Waals surface area contributed by atoms with Crippen LogP contribution in [-0.2, 0) is 10.5 Å². The summed E-state index contributed by atoms with van der Waals surface area (Å²) in [5.74, 6) is 0.806. The fourth-order valence-electron chi connectivity index (χ4n) is 9.33. The van der Waals surface area contributed by atoms with E-state index in [2.05, 4.69) is 118 Å². The molecule has 2 aliphatic heterocycles. The fraction of sp³-hybridized carbons (Fsp3) is 0.538. The molecule has 1 fully saturated rings. The molecule has 4 heteroatoms. The van der Waals surface area contributed by atoms with Crippen LogP contribution in [0.4, 0.5) is 0 Å². The molecule has 0 bridgehead atoms. The number of benzene rings is 3. The predicted molar refractivity (Wildman–Crippen MR) is 184 cm³/mol. The van der Waals surface area contributed by atoms with Gasteiger partial charge in [0.2, 0.25) is 0 Å². The molecule has 5 aromatic rings. The van der Waals surface area contributed by atoms with E-state index in [1.54, 1.807) is 0 Å². The minimum absolute atomic E-state index is 0.188. The van der Waals surface area contributed by atoms with Gasteiger partial charge in [-0.2, -0.15) is 0 Å². The second-order valence-electron chi connectivity index (χ2n) is 14.8. The molecule has 228 valence electrons. The molecule has 2 aliphatic rings. The van der Waals surface area contributed by atoms with Gasteiger partial charge in [-0.15, -0.1) is 0 Å². The number of nitrogens with one attached hydrogen (secondary N) is 1. The van der Waals surface area contributed by atoms with E-state index in [-0.39, 0.29) is 6.10 Å². The Kier molecular flexibility index (Phi) is 5.98. The van der Waals surface area contributed by atoms with Crippen molar-refractivity contribution in [2.45, 2.75) is 121 Å². The number of aromatic nitrogens is 2. The topological polar surface area (TPSA) is 33.2 Å². The number of nitrogens with zero attached hydrogens (tertiary/aromatic N) is 2. The number of hydrogen-bond donors (Lipinski definition) is 1. The van der Waals surface area contributed by atoms with Crippen LogP contribution >= 0.6 is 0 Å². The zero-order valence-corrected chi connectivity index (χ0v) is 29.2. The van der Waals surface area contributed by atoms with Crippen molar-refractivity contribution in [3.63, 3.8) is 0 Å². The quantitative estimate of drug-likeness (QED) is 0.215. The first-order valence-electron chi connectivity index (χ1n) is 16.5. The normalized spacial score (nSPS) is 28.0. The summed E-state index contributed by atoms with van der Waals surface area (Å²) in [6.07, 6.45) is 0.188. The van der Waals surface area contributed by atoms with Crippen molar-refractivity contribution in [3.05, 3.63) is 55.6 Å². The highest BCUT2D eigenvalue weighted by atomic mass is 16.5. The van der Waals surface area contributed by atoms with E-state index in [9.17, 15) is 0 Å². The second-order valence-corrected chi connectivity index (χ2v) is 14.8. The highest BCUT2D eigenvalue weighted by Gasteiger charge is 2.50. The Bertz CT molecular complexity index is 2060. The molecule has 2 aromatic heterocycles. The van der Waals surface area contributed by atoms with Gasteiger partial charge < -0.3 is 14.3 Å². The Morgan fingerprint density at radius 3 is 1.65 bits per heavy atom. The lowest BCUT2D eigenvalue weighted by Crippen LogP contribution is -2.36. The van der Waals surface area contributed by atoms with Crippen LogP contribution in [0.1, 0.15) is 109 Å². The molecular weight excluding hydrogens is 526 g/mol. The van der Waals surface area contributed by atoms with Crippen LogP contribution in [0, 0.1) is 67.2 Å². The maximum Gasteiger partial charge on any atom is 0.145 e. The van der Waals surface area contributed by atoms with Crippen molar-refractivity contribution >= 4 is 43.6 Å². The van der Waals surface area contributed by atoms with Crippen LogP contribution < -0.4 is 0 Å². The van der Waals surface area contributed by atoms with Gasteiger partial charge in [-0.05, 0) is 152 Å². The van der Waals surface area contributed by atoms with Gasteiger partial charge in [-0.1, -0.05) is 13.8 Å². The van der Waals surface area contributed by atoms with Crippen LogP contribution in [0.2, 0.25) is 0 Å². The summed E-state index contributed by atoms with van der Waals surface area (Å²) < 4.78 is 9.81. The molecular formula is C39H51N3O. The summed E-state index contributed by atoms with van der Waals surface area (Å²) in [7, 11) is 2.31. The lowest BCUT2D eigenvalue weighted by atomic mass is 9.87. The van der Waals surface area contributed by atoms with Crippen molar-refractivity contribution in [2.75, 3.05) is 7.05 Å². The number of ether oxygens (including phenoxy) is 1. The average Bonchev–Trinajstić information content (AvgIpc) is 3.66. The molecule has 6 unspecified atom stereocenters. The van der Waals surface area contributed by atoms with Gasteiger partial charge in [0.15, 0.2) is 0 Å². The maximum absolute atomic E-state index is 7.13. The third-order valence-corrected chi connectivity index (χ3v) is 13.4. The molecule has 0 spiro atoms. The Balaban J connectivity index is 1.89. The molecule has 0 amide bonds. The smallest absolute Gasteiger partial charge is 0.145 e. The summed E-state index contributed by atoms with van der Waals surface area (Å²) in [5.41, 5.74) is 19.0. The Hall–Kier alpha value is -2.82. The van der Waals surface area contributed by atoms with Gasteiger partial charge >= 0.3 is 0 Å². The molecule has 0 saturated carbocycles. The van der Waals surface area contributed by atoms with Crippen LogP contribution in [-0.4, -0.2) is 27.6 Å². The number of H-pyrrole nitrogens is 1. The molecule has 3 aromatic carbocycles. The van der Waals surface area contributed by atoms with Gasteiger partial charge in [0.05, 0.1) is 28.2 Å². The van der Waals surface area contributed by atoms with Crippen molar-refractivity contribution in [2.24, 2.45) is 11.8 Å². The van der Waals surface area contributed by atoms with Crippen molar-refractivity contribution in [3.8, 4) is 0 Å². The van der Waals surface area contributed by atoms with Gasteiger partial charge in [0.25, 0.3) is 0 Å². The third-order valence-electron chi connectivity index (χ3n) is 13.4. The Morgan fingerprint density at radius 2 is 1.09 bits per heavy atom. The minimum Gasteiger partial charge on any atom is -0.353 e. The van der Waals surface area contributed by atoms with Crippen LogP contribution in [0.15, 0.2) is 0 Å². The molecule has 0 radical (unpaired) electrons. The summed E-state index contributed by atoms with van der Waals surface area (Å²) in [6, 6.07) is 0.628. The highest BCUT2D eigenvalue weighted by molar-refractivity contribution is 6.27. The van der Waals surface area contributed by atoms with Gasteiger partial charge in [0.1, 0.15) is 5.72 Å². The lowest BCUT2D eigenvalue weighted by Gasteiger charge is -2.34. The molecule has 4 heterocycles. The van der Waals surface area contributed by atoms with Crippen LogP contribution in [0.3, 0.4) is 0 Å². The summed E-state index contributed by atoms with van der Waals surface area (Å²) in [4.78, 5) is 6.71. The van der Waals surface area contributed by atoms with Crippen molar-refractivity contribution in [1.29, 1.82) is 0 Å². The fourth-order valence-corrected chi connectivity index (χ4v) is 9.33. The molecule has 6 atom stereocenters.